The van der Waals surface area contributed by atoms with E-state index < -0.39 is 0 Å². The summed E-state index contributed by atoms with van der Waals surface area (Å²) in [6, 6.07) is 15.8. The van der Waals surface area contributed by atoms with Crippen molar-refractivity contribution in [3.63, 3.8) is 0 Å². The van der Waals surface area contributed by atoms with Gasteiger partial charge in [-0.25, -0.2) is 4.98 Å². The van der Waals surface area contributed by atoms with Gasteiger partial charge in [0.25, 0.3) is 0 Å². The third-order valence-electron chi connectivity index (χ3n) is 5.48. The second-order valence-electron chi connectivity index (χ2n) is 7.35. The van der Waals surface area contributed by atoms with E-state index in [2.05, 4.69) is 10.2 Å². The highest BCUT2D eigenvalue weighted by molar-refractivity contribution is 7.18. The summed E-state index contributed by atoms with van der Waals surface area (Å²) in [5.41, 5.74) is 2.11. The molecule has 2 heterocycles. The lowest BCUT2D eigenvalue weighted by molar-refractivity contribution is -0.126. The average Bonchev–Trinajstić information content (AvgIpc) is 3.15. The van der Waals surface area contributed by atoms with Crippen LogP contribution >= 0.6 is 22.9 Å². The SMILES string of the molecule is C[C@H](C(=O)NCc1ccccc1)N1CCC(c2nc3cc(Cl)ccc3s2)CC1. The second-order valence-corrected chi connectivity index (χ2v) is 8.85. The smallest absolute Gasteiger partial charge is 0.237 e. The van der Waals surface area contributed by atoms with Gasteiger partial charge in [-0.1, -0.05) is 41.9 Å². The topological polar surface area (TPSA) is 45.2 Å². The van der Waals surface area contributed by atoms with Crippen molar-refractivity contribution in [2.24, 2.45) is 0 Å². The zero-order valence-electron chi connectivity index (χ0n) is 15.9. The van der Waals surface area contributed by atoms with Crippen LogP contribution < -0.4 is 5.32 Å². The molecule has 1 atom stereocenters. The molecular formula is C22H24ClN3OS. The Morgan fingerprint density at radius 1 is 1.25 bits per heavy atom. The minimum Gasteiger partial charge on any atom is -0.351 e. The van der Waals surface area contributed by atoms with E-state index in [-0.39, 0.29) is 11.9 Å². The molecule has 1 N–H and O–H groups in total. The van der Waals surface area contributed by atoms with Crippen LogP contribution in [-0.2, 0) is 11.3 Å². The maximum Gasteiger partial charge on any atom is 0.237 e. The lowest BCUT2D eigenvalue weighted by atomic mass is 9.96. The number of carbonyl (C=O) groups is 1. The quantitative estimate of drug-likeness (QED) is 0.651. The Bertz CT molecular complexity index is 951. The van der Waals surface area contributed by atoms with Crippen molar-refractivity contribution < 1.29 is 4.79 Å². The summed E-state index contributed by atoms with van der Waals surface area (Å²) in [6.07, 6.45) is 2.06. The molecule has 1 amide bonds. The average molecular weight is 414 g/mol. The van der Waals surface area contributed by atoms with Crippen LogP contribution in [0.2, 0.25) is 5.02 Å². The maximum absolute atomic E-state index is 12.5. The summed E-state index contributed by atoms with van der Waals surface area (Å²) >= 11 is 7.85. The van der Waals surface area contributed by atoms with Gasteiger partial charge in [-0.05, 0) is 56.6 Å². The first-order valence-electron chi connectivity index (χ1n) is 9.72. The fourth-order valence-corrected chi connectivity index (χ4v) is 5.01. The number of hydrogen-bond acceptors (Lipinski definition) is 4. The van der Waals surface area contributed by atoms with Crippen LogP contribution in [0.25, 0.3) is 10.2 Å². The van der Waals surface area contributed by atoms with Gasteiger partial charge in [0.15, 0.2) is 0 Å². The van der Waals surface area contributed by atoms with Crippen LogP contribution in [0.4, 0.5) is 0 Å². The van der Waals surface area contributed by atoms with Gasteiger partial charge in [0, 0.05) is 17.5 Å². The lowest BCUT2D eigenvalue weighted by Crippen LogP contribution is -2.47. The zero-order chi connectivity index (χ0) is 19.5. The van der Waals surface area contributed by atoms with Crippen molar-refractivity contribution in [3.8, 4) is 0 Å². The summed E-state index contributed by atoms with van der Waals surface area (Å²) in [6.45, 7) is 4.41. The number of amides is 1. The fourth-order valence-electron chi connectivity index (χ4n) is 3.73. The molecule has 4 rings (SSSR count). The molecular weight excluding hydrogens is 390 g/mol. The van der Waals surface area contributed by atoms with Crippen molar-refractivity contribution in [3.05, 3.63) is 64.1 Å². The van der Waals surface area contributed by atoms with E-state index in [9.17, 15) is 4.79 Å². The Hall–Kier alpha value is -1.95. The number of fused-ring (bicyclic) bond motifs is 1. The van der Waals surface area contributed by atoms with E-state index in [1.54, 1.807) is 11.3 Å². The van der Waals surface area contributed by atoms with E-state index >= 15 is 0 Å². The minimum atomic E-state index is -0.112. The highest BCUT2D eigenvalue weighted by Gasteiger charge is 2.28. The molecule has 0 aliphatic carbocycles. The molecule has 1 fully saturated rings. The number of halogens is 1. The van der Waals surface area contributed by atoms with Gasteiger partial charge in [0.1, 0.15) is 0 Å². The normalized spacial score (nSPS) is 16.9. The van der Waals surface area contributed by atoms with Gasteiger partial charge in [-0.2, -0.15) is 0 Å². The summed E-state index contributed by atoms with van der Waals surface area (Å²) < 4.78 is 1.19. The van der Waals surface area contributed by atoms with Crippen LogP contribution in [0, 0.1) is 0 Å². The number of nitrogens with one attached hydrogen (secondary N) is 1. The van der Waals surface area contributed by atoms with Crippen LogP contribution in [0.3, 0.4) is 0 Å². The standard InChI is InChI=1S/C22H24ClN3OS/c1-15(21(27)24-14-16-5-3-2-4-6-16)26-11-9-17(10-12-26)22-25-19-13-18(23)7-8-20(19)28-22/h2-8,13,15,17H,9-12,14H2,1H3,(H,24,27)/t15-/m1/s1. The van der Waals surface area contributed by atoms with Crippen molar-refractivity contribution in [2.45, 2.75) is 38.3 Å². The number of thiazole rings is 1. The van der Waals surface area contributed by atoms with Gasteiger partial charge in [0.05, 0.1) is 21.3 Å². The molecule has 0 bridgehead atoms. The van der Waals surface area contributed by atoms with E-state index in [0.717, 1.165) is 42.0 Å². The summed E-state index contributed by atoms with van der Waals surface area (Å²) in [7, 11) is 0. The Labute approximate surface area is 174 Å². The highest BCUT2D eigenvalue weighted by atomic mass is 35.5. The first kappa shape index (κ1) is 19.4. The molecule has 0 radical (unpaired) electrons. The lowest BCUT2D eigenvalue weighted by Gasteiger charge is -2.34. The number of carbonyl (C=O) groups excluding carboxylic acids is 1. The molecule has 4 nitrogen and oxygen atoms in total. The monoisotopic (exact) mass is 413 g/mol. The van der Waals surface area contributed by atoms with Gasteiger partial charge >= 0.3 is 0 Å². The van der Waals surface area contributed by atoms with E-state index in [1.807, 2.05) is 55.5 Å². The fraction of sp³-hybridized carbons (Fsp3) is 0.364. The first-order chi connectivity index (χ1) is 13.6. The molecule has 6 heteroatoms. The zero-order valence-corrected chi connectivity index (χ0v) is 17.5. The molecule has 1 aliphatic rings. The number of likely N-dealkylation sites (tertiary alicyclic amines) is 1. The van der Waals surface area contributed by atoms with Gasteiger partial charge < -0.3 is 5.32 Å². The number of piperidine rings is 1. The molecule has 1 aliphatic heterocycles. The molecule has 2 aromatic carbocycles. The molecule has 1 saturated heterocycles. The minimum absolute atomic E-state index is 0.0944. The molecule has 28 heavy (non-hydrogen) atoms. The van der Waals surface area contributed by atoms with Crippen LogP contribution in [0.1, 0.15) is 36.3 Å². The maximum atomic E-state index is 12.5. The molecule has 1 aromatic heterocycles. The first-order valence-corrected chi connectivity index (χ1v) is 10.9. The Morgan fingerprint density at radius 3 is 2.75 bits per heavy atom. The highest BCUT2D eigenvalue weighted by Crippen LogP contribution is 2.35. The van der Waals surface area contributed by atoms with Crippen molar-refractivity contribution in [1.29, 1.82) is 0 Å². The molecule has 3 aromatic rings. The number of hydrogen-bond donors (Lipinski definition) is 1. The van der Waals surface area contributed by atoms with E-state index in [1.165, 1.54) is 9.71 Å². The van der Waals surface area contributed by atoms with Crippen LogP contribution in [-0.4, -0.2) is 34.9 Å². The second kappa shape index (κ2) is 8.60. The van der Waals surface area contributed by atoms with Crippen molar-refractivity contribution >= 4 is 39.1 Å². The van der Waals surface area contributed by atoms with Crippen molar-refractivity contribution in [2.75, 3.05) is 13.1 Å². The number of benzene rings is 2. The molecule has 0 unspecified atom stereocenters. The summed E-state index contributed by atoms with van der Waals surface area (Å²) in [5, 5.41) is 4.98. The number of rotatable bonds is 5. The third-order valence-corrected chi connectivity index (χ3v) is 6.92. The van der Waals surface area contributed by atoms with Crippen LogP contribution in [0.5, 0.6) is 0 Å². The van der Waals surface area contributed by atoms with Gasteiger partial charge in [0.2, 0.25) is 5.91 Å². The summed E-state index contributed by atoms with van der Waals surface area (Å²) in [5.74, 6) is 0.559. The predicted molar refractivity (Wildman–Crippen MR) is 116 cm³/mol. The third kappa shape index (κ3) is 4.37. The van der Waals surface area contributed by atoms with Gasteiger partial charge in [-0.3, -0.25) is 9.69 Å². The Kier molecular flexibility index (Phi) is 5.95. The summed E-state index contributed by atoms with van der Waals surface area (Å²) in [4.78, 5) is 19.6. The predicted octanol–water partition coefficient (Wildman–Crippen LogP) is 4.83. The van der Waals surface area contributed by atoms with Crippen molar-refractivity contribution in [1.82, 2.24) is 15.2 Å². The van der Waals surface area contributed by atoms with Gasteiger partial charge in [-0.15, -0.1) is 11.3 Å². The Balaban J connectivity index is 1.31. The van der Waals surface area contributed by atoms with E-state index in [0.29, 0.717) is 12.5 Å². The largest absolute Gasteiger partial charge is 0.351 e. The van der Waals surface area contributed by atoms with E-state index in [4.69, 9.17) is 16.6 Å². The number of aromatic nitrogens is 1. The number of nitrogens with zero attached hydrogens (tertiary/aromatic N) is 2. The van der Waals surface area contributed by atoms with Crippen LogP contribution in [0.15, 0.2) is 48.5 Å². The Morgan fingerprint density at radius 2 is 2.00 bits per heavy atom. The molecule has 0 saturated carbocycles. The molecule has 146 valence electrons. The molecule has 0 spiro atoms.